The Morgan fingerprint density at radius 2 is 1.67 bits per heavy atom. The van der Waals surface area contributed by atoms with Gasteiger partial charge in [0.2, 0.25) is 0 Å². The molecule has 0 N–H and O–H groups in total. The van der Waals surface area contributed by atoms with Crippen LogP contribution in [-0.4, -0.2) is 22.9 Å². The largest absolute Gasteiger partial charge is 0.352 e. The zero-order chi connectivity index (χ0) is 13.3. The van der Waals surface area contributed by atoms with Gasteiger partial charge in [-0.05, 0) is 25.3 Å². The predicted molar refractivity (Wildman–Crippen MR) is 75.5 cm³/mol. The van der Waals surface area contributed by atoms with E-state index in [1.807, 2.05) is 0 Å². The van der Waals surface area contributed by atoms with E-state index in [1.165, 1.54) is 11.3 Å². The molecule has 1 heterocycles. The monoisotopic (exact) mass is 243 g/mol. The molecular weight excluding hydrogens is 220 g/mol. The molecule has 0 saturated heterocycles. The van der Waals surface area contributed by atoms with Crippen LogP contribution in [0.15, 0.2) is 36.0 Å². The summed E-state index contributed by atoms with van der Waals surface area (Å²) in [5.74, 6) is 0.505. The minimum atomic E-state index is 0.281. The predicted octanol–water partition coefficient (Wildman–Crippen LogP) is 3.64. The molecule has 1 aromatic rings. The van der Waals surface area contributed by atoms with Crippen LogP contribution < -0.4 is 0 Å². The van der Waals surface area contributed by atoms with Gasteiger partial charge in [-0.2, -0.15) is 0 Å². The lowest BCUT2D eigenvalue weighted by Gasteiger charge is -2.34. The molecule has 18 heavy (non-hydrogen) atoms. The van der Waals surface area contributed by atoms with E-state index in [9.17, 15) is 0 Å². The standard InChI is InChI=1S/C16H23N2/c1-12(2)15-11-18(13(3)4)16(17(15)5)14-9-7-6-8-10-14/h6-10,12-13,16H,1-5H3. The molecule has 1 aliphatic rings. The minimum Gasteiger partial charge on any atom is -0.352 e. The number of hydrogen-bond donors (Lipinski definition) is 0. The van der Waals surface area contributed by atoms with E-state index < -0.39 is 0 Å². The molecule has 1 atom stereocenters. The van der Waals surface area contributed by atoms with Gasteiger partial charge < -0.3 is 9.80 Å². The Hall–Kier alpha value is -1.44. The highest BCUT2D eigenvalue weighted by Gasteiger charge is 2.33. The molecule has 2 rings (SSSR count). The van der Waals surface area contributed by atoms with Crippen molar-refractivity contribution in [2.24, 2.45) is 5.92 Å². The fraction of sp³-hybridized carbons (Fsp3) is 0.500. The van der Waals surface area contributed by atoms with Crippen molar-refractivity contribution in [3.05, 3.63) is 47.8 Å². The van der Waals surface area contributed by atoms with Gasteiger partial charge in [-0.3, -0.25) is 0 Å². The fourth-order valence-corrected chi connectivity index (χ4v) is 2.55. The van der Waals surface area contributed by atoms with E-state index in [0.29, 0.717) is 12.0 Å². The smallest absolute Gasteiger partial charge is 0.128 e. The van der Waals surface area contributed by atoms with Crippen molar-refractivity contribution in [2.45, 2.75) is 39.9 Å². The van der Waals surface area contributed by atoms with Gasteiger partial charge in [0.15, 0.2) is 0 Å². The first-order chi connectivity index (χ1) is 8.52. The molecular formula is C16H23N2. The SMILES string of the molecule is CC(C)C1=[C]N(C(C)C)C(c2ccccc2)N1C. The maximum Gasteiger partial charge on any atom is 0.128 e. The van der Waals surface area contributed by atoms with E-state index in [2.05, 4.69) is 81.1 Å². The second-order valence-electron chi connectivity index (χ2n) is 5.55. The second kappa shape index (κ2) is 5.05. The van der Waals surface area contributed by atoms with Gasteiger partial charge in [0.05, 0.1) is 6.20 Å². The Labute approximate surface area is 111 Å². The van der Waals surface area contributed by atoms with Crippen LogP contribution in [0.25, 0.3) is 0 Å². The molecule has 0 bridgehead atoms. The van der Waals surface area contributed by atoms with Gasteiger partial charge in [-0.15, -0.1) is 0 Å². The summed E-state index contributed by atoms with van der Waals surface area (Å²) in [5.41, 5.74) is 2.62. The topological polar surface area (TPSA) is 6.48 Å². The number of hydrogen-bond acceptors (Lipinski definition) is 2. The van der Waals surface area contributed by atoms with Crippen molar-refractivity contribution in [3.63, 3.8) is 0 Å². The van der Waals surface area contributed by atoms with Crippen molar-refractivity contribution in [1.29, 1.82) is 0 Å². The van der Waals surface area contributed by atoms with Gasteiger partial charge in [-0.1, -0.05) is 44.2 Å². The van der Waals surface area contributed by atoms with Gasteiger partial charge in [0, 0.05) is 18.8 Å². The van der Waals surface area contributed by atoms with Gasteiger partial charge in [-0.25, -0.2) is 0 Å². The third-order valence-electron chi connectivity index (χ3n) is 3.45. The number of nitrogens with zero attached hydrogens (tertiary/aromatic N) is 2. The van der Waals surface area contributed by atoms with Crippen molar-refractivity contribution < 1.29 is 0 Å². The molecule has 1 aliphatic heterocycles. The lowest BCUT2D eigenvalue weighted by molar-refractivity contribution is 0.132. The highest BCUT2D eigenvalue weighted by Crippen LogP contribution is 2.36. The van der Waals surface area contributed by atoms with E-state index in [4.69, 9.17) is 0 Å². The Kier molecular flexibility index (Phi) is 3.65. The lowest BCUT2D eigenvalue weighted by atomic mass is 10.1. The van der Waals surface area contributed by atoms with Crippen LogP contribution >= 0.6 is 0 Å². The molecule has 2 heteroatoms. The molecule has 1 radical (unpaired) electrons. The maximum absolute atomic E-state index is 3.56. The molecule has 1 aromatic carbocycles. The van der Waals surface area contributed by atoms with Crippen molar-refractivity contribution in [1.82, 2.24) is 9.80 Å². The van der Waals surface area contributed by atoms with Crippen LogP contribution in [0.5, 0.6) is 0 Å². The fourth-order valence-electron chi connectivity index (χ4n) is 2.55. The highest BCUT2D eigenvalue weighted by atomic mass is 15.4. The summed E-state index contributed by atoms with van der Waals surface area (Å²) in [7, 11) is 2.17. The average Bonchev–Trinajstić information content (AvgIpc) is 2.68. The van der Waals surface area contributed by atoms with E-state index in [0.717, 1.165) is 0 Å². The molecule has 0 spiro atoms. The quantitative estimate of drug-likeness (QED) is 0.799. The summed E-state index contributed by atoms with van der Waals surface area (Å²) in [6, 6.07) is 11.1. The third kappa shape index (κ3) is 2.24. The first kappa shape index (κ1) is 13.0. The molecule has 97 valence electrons. The first-order valence-electron chi connectivity index (χ1n) is 6.72. The highest BCUT2D eigenvalue weighted by molar-refractivity contribution is 5.23. The van der Waals surface area contributed by atoms with E-state index >= 15 is 0 Å². The molecule has 0 fully saturated rings. The Balaban J connectivity index is 2.36. The van der Waals surface area contributed by atoms with Gasteiger partial charge in [0.25, 0.3) is 0 Å². The van der Waals surface area contributed by atoms with Crippen molar-refractivity contribution >= 4 is 0 Å². The van der Waals surface area contributed by atoms with Crippen LogP contribution in [0, 0.1) is 12.1 Å². The zero-order valence-corrected chi connectivity index (χ0v) is 12.0. The molecule has 0 aromatic heterocycles. The normalized spacial score (nSPS) is 19.9. The van der Waals surface area contributed by atoms with Crippen LogP contribution in [0.1, 0.15) is 39.4 Å². The Morgan fingerprint density at radius 1 is 1.06 bits per heavy atom. The van der Waals surface area contributed by atoms with Crippen LogP contribution in [0.4, 0.5) is 0 Å². The van der Waals surface area contributed by atoms with E-state index in [1.54, 1.807) is 0 Å². The summed E-state index contributed by atoms with van der Waals surface area (Å²) in [4.78, 5) is 4.67. The Bertz CT molecular complexity index is 420. The number of allylic oxidation sites excluding steroid dienone is 1. The Morgan fingerprint density at radius 3 is 2.17 bits per heavy atom. The second-order valence-corrected chi connectivity index (χ2v) is 5.55. The molecule has 0 aliphatic carbocycles. The number of benzene rings is 1. The zero-order valence-electron chi connectivity index (χ0n) is 12.0. The molecule has 0 amide bonds. The van der Waals surface area contributed by atoms with Crippen LogP contribution in [0.2, 0.25) is 0 Å². The summed E-state index contributed by atoms with van der Waals surface area (Å²) in [5, 5.41) is 0. The lowest BCUT2D eigenvalue weighted by Crippen LogP contribution is -2.34. The van der Waals surface area contributed by atoms with Crippen LogP contribution in [0.3, 0.4) is 0 Å². The van der Waals surface area contributed by atoms with Gasteiger partial charge in [0.1, 0.15) is 6.17 Å². The minimum absolute atomic E-state index is 0.281. The summed E-state index contributed by atoms with van der Waals surface area (Å²) >= 11 is 0. The van der Waals surface area contributed by atoms with Crippen molar-refractivity contribution in [2.75, 3.05) is 7.05 Å². The first-order valence-corrected chi connectivity index (χ1v) is 6.72. The third-order valence-corrected chi connectivity index (χ3v) is 3.45. The molecule has 2 nitrogen and oxygen atoms in total. The summed E-state index contributed by atoms with van der Waals surface area (Å²) in [6.45, 7) is 8.90. The summed E-state index contributed by atoms with van der Waals surface area (Å²) in [6.07, 6.45) is 3.85. The summed E-state index contributed by atoms with van der Waals surface area (Å²) < 4.78 is 0. The molecule has 0 saturated carbocycles. The molecule has 1 unspecified atom stereocenters. The van der Waals surface area contributed by atoms with Crippen LogP contribution in [-0.2, 0) is 0 Å². The maximum atomic E-state index is 3.56. The number of rotatable bonds is 3. The van der Waals surface area contributed by atoms with E-state index in [-0.39, 0.29) is 6.17 Å². The average molecular weight is 243 g/mol. The van der Waals surface area contributed by atoms with Crippen molar-refractivity contribution in [3.8, 4) is 0 Å². The van der Waals surface area contributed by atoms with Gasteiger partial charge >= 0.3 is 0 Å².